The van der Waals surface area contributed by atoms with Crippen LogP contribution in [0, 0.1) is 0 Å². The summed E-state index contributed by atoms with van der Waals surface area (Å²) in [4.78, 5) is 0. The van der Waals surface area contributed by atoms with Crippen molar-refractivity contribution < 1.29 is 4.74 Å². The number of ether oxygens (including phenoxy) is 1. The summed E-state index contributed by atoms with van der Waals surface area (Å²) in [5, 5.41) is 3.60. The van der Waals surface area contributed by atoms with Gasteiger partial charge in [-0.3, -0.25) is 0 Å². The molecule has 0 saturated carbocycles. The van der Waals surface area contributed by atoms with Crippen molar-refractivity contribution >= 4 is 46.2 Å². The average molecular weight is 251 g/mol. The Labute approximate surface area is 97.1 Å². The fraction of sp³-hybridized carbons (Fsp3) is 0.125. The van der Waals surface area contributed by atoms with Crippen molar-refractivity contribution in [2.45, 2.75) is 0 Å². The van der Waals surface area contributed by atoms with Crippen molar-refractivity contribution in [3.05, 3.63) is 22.2 Å². The number of rotatable bonds is 2. The number of nitrogens with two attached hydrogens (primary N) is 1. The predicted molar refractivity (Wildman–Crippen MR) is 63.4 cm³/mol. The van der Waals surface area contributed by atoms with Crippen LogP contribution in [0.3, 0.4) is 0 Å². The Kier molecular flexibility index (Phi) is 3.80. The third kappa shape index (κ3) is 2.64. The van der Waals surface area contributed by atoms with Crippen molar-refractivity contribution in [1.29, 1.82) is 0 Å². The van der Waals surface area contributed by atoms with Gasteiger partial charge >= 0.3 is 0 Å². The lowest BCUT2D eigenvalue weighted by molar-refractivity contribution is 0.415. The number of methoxy groups -OCH3 is 1. The zero-order chi connectivity index (χ0) is 10.7. The van der Waals surface area contributed by atoms with Crippen molar-refractivity contribution in [2.75, 3.05) is 12.4 Å². The zero-order valence-corrected chi connectivity index (χ0v) is 9.63. The van der Waals surface area contributed by atoms with Gasteiger partial charge in [0.1, 0.15) is 5.75 Å². The van der Waals surface area contributed by atoms with Gasteiger partial charge in [-0.05, 0) is 12.2 Å². The molecule has 0 fully saturated rings. The first-order valence-corrected chi connectivity index (χ1v) is 4.80. The lowest BCUT2D eigenvalue weighted by Crippen LogP contribution is -2.19. The van der Waals surface area contributed by atoms with Gasteiger partial charge in [-0.2, -0.15) is 0 Å². The third-order valence-corrected chi connectivity index (χ3v) is 2.20. The molecule has 0 radical (unpaired) electrons. The van der Waals surface area contributed by atoms with Gasteiger partial charge in [0.2, 0.25) is 0 Å². The van der Waals surface area contributed by atoms with Gasteiger partial charge in [-0.15, -0.1) is 0 Å². The average Bonchev–Trinajstić information content (AvgIpc) is 2.10. The summed E-state index contributed by atoms with van der Waals surface area (Å²) < 4.78 is 4.98. The van der Waals surface area contributed by atoms with Gasteiger partial charge in [-0.1, -0.05) is 23.2 Å². The highest BCUT2D eigenvalue weighted by Crippen LogP contribution is 2.34. The molecule has 76 valence electrons. The van der Waals surface area contributed by atoms with Crippen LogP contribution in [0.1, 0.15) is 0 Å². The molecule has 0 aliphatic heterocycles. The topological polar surface area (TPSA) is 47.3 Å². The van der Waals surface area contributed by atoms with E-state index in [9.17, 15) is 0 Å². The fourth-order valence-electron chi connectivity index (χ4n) is 0.910. The first kappa shape index (κ1) is 11.4. The molecule has 0 amide bonds. The van der Waals surface area contributed by atoms with Crippen molar-refractivity contribution in [1.82, 2.24) is 0 Å². The molecule has 14 heavy (non-hydrogen) atoms. The molecule has 0 aromatic heterocycles. The normalized spacial score (nSPS) is 9.64. The second-order valence-electron chi connectivity index (χ2n) is 2.46. The number of halogens is 2. The summed E-state index contributed by atoms with van der Waals surface area (Å²) in [6, 6.07) is 3.24. The lowest BCUT2D eigenvalue weighted by Gasteiger charge is -2.10. The molecule has 1 rings (SSSR count). The highest BCUT2D eigenvalue weighted by atomic mass is 35.5. The van der Waals surface area contributed by atoms with Crippen LogP contribution in [-0.4, -0.2) is 12.2 Å². The van der Waals surface area contributed by atoms with E-state index < -0.39 is 0 Å². The molecular weight excluding hydrogens is 243 g/mol. The van der Waals surface area contributed by atoms with Crippen LogP contribution in [0.15, 0.2) is 12.1 Å². The largest absolute Gasteiger partial charge is 0.497 e. The minimum atomic E-state index is 0.110. The smallest absolute Gasteiger partial charge is 0.168 e. The summed E-state index contributed by atoms with van der Waals surface area (Å²) in [5.41, 5.74) is 5.79. The molecule has 0 spiro atoms. The van der Waals surface area contributed by atoms with Gasteiger partial charge in [0.05, 0.1) is 22.8 Å². The summed E-state index contributed by atoms with van der Waals surface area (Å²) in [7, 11) is 1.53. The number of benzene rings is 1. The molecule has 3 nitrogen and oxygen atoms in total. The van der Waals surface area contributed by atoms with Crippen LogP contribution in [0.5, 0.6) is 5.75 Å². The first-order valence-electron chi connectivity index (χ1n) is 3.64. The van der Waals surface area contributed by atoms with E-state index in [-0.39, 0.29) is 5.11 Å². The van der Waals surface area contributed by atoms with Gasteiger partial charge in [0.25, 0.3) is 0 Å². The number of hydrogen-bond acceptors (Lipinski definition) is 2. The quantitative estimate of drug-likeness (QED) is 0.793. The van der Waals surface area contributed by atoms with E-state index >= 15 is 0 Å². The van der Waals surface area contributed by atoms with Crippen molar-refractivity contribution in [3.63, 3.8) is 0 Å². The molecule has 0 bridgehead atoms. The highest BCUT2D eigenvalue weighted by Gasteiger charge is 2.08. The van der Waals surface area contributed by atoms with Crippen LogP contribution < -0.4 is 15.8 Å². The maximum absolute atomic E-state index is 5.92. The Morgan fingerprint density at radius 3 is 2.29 bits per heavy atom. The van der Waals surface area contributed by atoms with Gasteiger partial charge in [0, 0.05) is 12.1 Å². The fourth-order valence-corrected chi connectivity index (χ4v) is 1.57. The maximum Gasteiger partial charge on any atom is 0.168 e. The lowest BCUT2D eigenvalue weighted by atomic mass is 10.3. The van der Waals surface area contributed by atoms with Crippen LogP contribution in [0.4, 0.5) is 5.69 Å². The third-order valence-electron chi connectivity index (χ3n) is 1.50. The highest BCUT2D eigenvalue weighted by molar-refractivity contribution is 7.80. The van der Waals surface area contributed by atoms with E-state index in [0.717, 1.165) is 0 Å². The van der Waals surface area contributed by atoms with Crippen molar-refractivity contribution in [3.8, 4) is 5.75 Å². The van der Waals surface area contributed by atoms with Gasteiger partial charge < -0.3 is 15.8 Å². The summed E-state index contributed by atoms with van der Waals surface area (Å²) in [6.45, 7) is 0. The molecule has 0 unspecified atom stereocenters. The van der Waals surface area contributed by atoms with E-state index in [2.05, 4.69) is 17.5 Å². The molecule has 0 aliphatic carbocycles. The van der Waals surface area contributed by atoms with E-state index in [0.29, 0.717) is 21.5 Å². The molecular formula is C8H8Cl2N2OS. The van der Waals surface area contributed by atoms with Gasteiger partial charge in [-0.25, -0.2) is 0 Å². The Balaban J connectivity index is 3.11. The maximum atomic E-state index is 5.92. The molecule has 0 saturated heterocycles. The number of hydrogen-bond donors (Lipinski definition) is 2. The molecule has 0 atom stereocenters. The van der Waals surface area contributed by atoms with Crippen molar-refractivity contribution in [2.24, 2.45) is 5.73 Å². The summed E-state index contributed by atoms with van der Waals surface area (Å²) in [5.74, 6) is 0.577. The van der Waals surface area contributed by atoms with Crippen LogP contribution >= 0.6 is 35.4 Å². The molecule has 1 aromatic carbocycles. The van der Waals surface area contributed by atoms with E-state index in [1.165, 1.54) is 7.11 Å². The predicted octanol–water partition coefficient (Wildman–Crippen LogP) is 2.66. The van der Waals surface area contributed by atoms with Gasteiger partial charge in [0.15, 0.2) is 5.11 Å². The molecule has 6 heteroatoms. The van der Waals surface area contributed by atoms with E-state index in [1.54, 1.807) is 12.1 Å². The minimum absolute atomic E-state index is 0.110. The second-order valence-corrected chi connectivity index (χ2v) is 3.71. The Hall–Kier alpha value is -0.710. The molecule has 0 aliphatic rings. The first-order chi connectivity index (χ1) is 6.54. The SMILES string of the molecule is COc1cc(Cl)c(NC(N)=S)c(Cl)c1. The van der Waals surface area contributed by atoms with E-state index in [1.807, 2.05) is 0 Å². The molecule has 0 heterocycles. The Bertz CT molecular complexity index is 347. The van der Waals surface area contributed by atoms with E-state index in [4.69, 9.17) is 33.7 Å². The van der Waals surface area contributed by atoms with Crippen LogP contribution in [0.2, 0.25) is 10.0 Å². The standard InChI is InChI=1S/C8H8Cl2N2OS/c1-13-4-2-5(9)7(6(10)3-4)12-8(11)14/h2-3H,1H3,(H3,11,12,14). The number of thiocarbonyl (C=S) groups is 1. The van der Waals surface area contributed by atoms with Crippen LogP contribution in [-0.2, 0) is 0 Å². The number of anilines is 1. The number of nitrogens with one attached hydrogen (secondary N) is 1. The zero-order valence-electron chi connectivity index (χ0n) is 7.30. The second kappa shape index (κ2) is 4.68. The Morgan fingerprint density at radius 1 is 1.43 bits per heavy atom. The minimum Gasteiger partial charge on any atom is -0.497 e. The van der Waals surface area contributed by atoms with Crippen LogP contribution in [0.25, 0.3) is 0 Å². The monoisotopic (exact) mass is 250 g/mol. The summed E-state index contributed by atoms with van der Waals surface area (Å²) >= 11 is 16.5. The molecule has 3 N–H and O–H groups in total. The summed E-state index contributed by atoms with van der Waals surface area (Å²) in [6.07, 6.45) is 0. The Morgan fingerprint density at radius 2 is 1.93 bits per heavy atom. The molecule has 1 aromatic rings.